The number of fused-ring (bicyclic) bond motifs is 1. The summed E-state index contributed by atoms with van der Waals surface area (Å²) < 4.78 is 11.1. The zero-order valence-electron chi connectivity index (χ0n) is 13.4. The lowest BCUT2D eigenvalue weighted by atomic mass is 9.95. The number of benzene rings is 2. The van der Waals surface area contributed by atoms with Crippen molar-refractivity contribution in [1.29, 1.82) is 0 Å². The number of unbranched alkanes of at least 4 members (excludes halogenated alkanes) is 1. The summed E-state index contributed by atoms with van der Waals surface area (Å²) in [5, 5.41) is 2.57. The van der Waals surface area contributed by atoms with Crippen molar-refractivity contribution in [2.75, 3.05) is 20.3 Å². The zero-order valence-corrected chi connectivity index (χ0v) is 13.4. The number of ether oxygens (including phenoxy) is 2. The van der Waals surface area contributed by atoms with Gasteiger partial charge >= 0.3 is 0 Å². The Kier molecular flexibility index (Phi) is 6.06. The monoisotopic (exact) mass is 286 g/mol. The minimum Gasteiger partial charge on any atom is -0.493 e. The van der Waals surface area contributed by atoms with Crippen LogP contribution in [0.3, 0.4) is 0 Å². The van der Waals surface area contributed by atoms with Crippen LogP contribution in [0.4, 0.5) is 0 Å². The Hall–Kier alpha value is -1.54. The van der Waals surface area contributed by atoms with Gasteiger partial charge in [0.05, 0.1) is 6.61 Å². The fourth-order valence-corrected chi connectivity index (χ4v) is 2.73. The maximum absolute atomic E-state index is 5.98. The van der Waals surface area contributed by atoms with Crippen molar-refractivity contribution in [2.24, 2.45) is 0 Å². The van der Waals surface area contributed by atoms with E-state index in [2.05, 4.69) is 44.2 Å². The van der Waals surface area contributed by atoms with Crippen molar-refractivity contribution in [3.8, 4) is 5.75 Å². The van der Waals surface area contributed by atoms with Gasteiger partial charge in [0.2, 0.25) is 0 Å². The Morgan fingerprint density at radius 2 is 1.76 bits per heavy atom. The Morgan fingerprint density at radius 1 is 1.00 bits per heavy atom. The van der Waals surface area contributed by atoms with Crippen LogP contribution in [-0.4, -0.2) is 20.3 Å². The van der Waals surface area contributed by atoms with Gasteiger partial charge in [-0.3, -0.25) is 0 Å². The second-order valence-corrected chi connectivity index (χ2v) is 5.51. The molecule has 0 saturated heterocycles. The van der Waals surface area contributed by atoms with E-state index in [0.29, 0.717) is 6.61 Å². The fourth-order valence-electron chi connectivity index (χ4n) is 2.73. The first-order valence-electron chi connectivity index (χ1n) is 7.91. The molecule has 114 valence electrons. The summed E-state index contributed by atoms with van der Waals surface area (Å²) in [7, 11) is 1.72. The fraction of sp³-hybridized carbons (Fsp3) is 0.474. The van der Waals surface area contributed by atoms with E-state index in [9.17, 15) is 0 Å². The van der Waals surface area contributed by atoms with Gasteiger partial charge in [0, 0.05) is 25.5 Å². The van der Waals surface area contributed by atoms with Crippen LogP contribution in [0, 0.1) is 6.92 Å². The molecule has 2 aromatic carbocycles. The van der Waals surface area contributed by atoms with Gasteiger partial charge in [-0.2, -0.15) is 0 Å². The van der Waals surface area contributed by atoms with Crippen LogP contribution in [0.15, 0.2) is 30.3 Å². The van der Waals surface area contributed by atoms with E-state index in [-0.39, 0.29) is 0 Å². The summed E-state index contributed by atoms with van der Waals surface area (Å²) >= 11 is 0. The number of methoxy groups -OCH3 is 1. The molecule has 0 N–H and O–H groups in total. The highest BCUT2D eigenvalue weighted by atomic mass is 16.5. The molecule has 2 aromatic rings. The van der Waals surface area contributed by atoms with Gasteiger partial charge in [0.15, 0.2) is 0 Å². The van der Waals surface area contributed by atoms with Crippen LogP contribution in [0.25, 0.3) is 10.8 Å². The molecule has 0 aliphatic carbocycles. The van der Waals surface area contributed by atoms with Gasteiger partial charge in [-0.1, -0.05) is 37.6 Å². The second kappa shape index (κ2) is 8.04. The molecule has 0 aliphatic rings. The van der Waals surface area contributed by atoms with Gasteiger partial charge in [0.1, 0.15) is 5.75 Å². The van der Waals surface area contributed by atoms with Crippen LogP contribution in [0.2, 0.25) is 0 Å². The minimum atomic E-state index is 0.700. The lowest BCUT2D eigenvalue weighted by Crippen LogP contribution is -2.03. The molecule has 0 amide bonds. The third kappa shape index (κ3) is 3.98. The van der Waals surface area contributed by atoms with Crippen molar-refractivity contribution in [2.45, 2.75) is 39.5 Å². The van der Waals surface area contributed by atoms with Gasteiger partial charge in [-0.15, -0.1) is 0 Å². The zero-order chi connectivity index (χ0) is 15.1. The van der Waals surface area contributed by atoms with Crippen molar-refractivity contribution < 1.29 is 9.47 Å². The molecule has 0 radical (unpaired) electrons. The quantitative estimate of drug-likeness (QED) is 0.642. The van der Waals surface area contributed by atoms with Crippen molar-refractivity contribution in [3.05, 3.63) is 41.5 Å². The maximum atomic E-state index is 5.98. The highest BCUT2D eigenvalue weighted by molar-refractivity contribution is 5.92. The largest absolute Gasteiger partial charge is 0.493 e. The molecule has 2 heteroatoms. The maximum Gasteiger partial charge on any atom is 0.127 e. The number of aryl methyl sites for hydroxylation is 2. The lowest BCUT2D eigenvalue weighted by molar-refractivity contribution is 0.172. The first-order chi connectivity index (χ1) is 10.3. The van der Waals surface area contributed by atoms with Crippen molar-refractivity contribution in [1.82, 2.24) is 0 Å². The molecular formula is C19H26O2. The average molecular weight is 286 g/mol. The van der Waals surface area contributed by atoms with Crippen molar-refractivity contribution >= 4 is 10.8 Å². The Balaban J connectivity index is 2.30. The average Bonchev–Trinajstić information content (AvgIpc) is 2.51. The van der Waals surface area contributed by atoms with Crippen LogP contribution < -0.4 is 4.74 Å². The Bertz CT molecular complexity index is 575. The summed E-state index contributed by atoms with van der Waals surface area (Å²) in [5.41, 5.74) is 2.81. The van der Waals surface area contributed by atoms with Gasteiger partial charge in [-0.25, -0.2) is 0 Å². The summed E-state index contributed by atoms with van der Waals surface area (Å²) in [6.07, 6.45) is 4.52. The Labute approximate surface area is 128 Å². The molecule has 0 fully saturated rings. The molecule has 2 nitrogen and oxygen atoms in total. The second-order valence-electron chi connectivity index (χ2n) is 5.51. The van der Waals surface area contributed by atoms with E-state index >= 15 is 0 Å². The summed E-state index contributed by atoms with van der Waals surface area (Å²) in [5.74, 6) is 0.999. The van der Waals surface area contributed by atoms with E-state index in [1.165, 1.54) is 34.7 Å². The van der Waals surface area contributed by atoms with Gasteiger partial charge in [0.25, 0.3) is 0 Å². The number of rotatable bonds is 8. The van der Waals surface area contributed by atoms with Crippen molar-refractivity contribution in [3.63, 3.8) is 0 Å². The minimum absolute atomic E-state index is 0.700. The topological polar surface area (TPSA) is 18.5 Å². The van der Waals surface area contributed by atoms with E-state index in [0.717, 1.165) is 25.2 Å². The van der Waals surface area contributed by atoms with Gasteiger partial charge in [-0.05, 0) is 42.3 Å². The van der Waals surface area contributed by atoms with E-state index in [1.807, 2.05) is 0 Å². The van der Waals surface area contributed by atoms with E-state index < -0.39 is 0 Å². The molecule has 0 heterocycles. The molecule has 0 saturated carbocycles. The first kappa shape index (κ1) is 15.8. The highest BCUT2D eigenvalue weighted by Gasteiger charge is 2.10. The lowest BCUT2D eigenvalue weighted by Gasteiger charge is -2.15. The first-order valence-corrected chi connectivity index (χ1v) is 7.91. The molecule has 2 rings (SSSR count). The predicted molar refractivity (Wildman–Crippen MR) is 89.3 cm³/mol. The Morgan fingerprint density at radius 3 is 2.48 bits per heavy atom. The highest BCUT2D eigenvalue weighted by Crippen LogP contribution is 2.32. The molecule has 0 aliphatic heterocycles. The van der Waals surface area contributed by atoms with E-state index in [4.69, 9.17) is 9.47 Å². The number of hydrogen-bond acceptors (Lipinski definition) is 2. The molecule has 0 aromatic heterocycles. The molecule has 0 spiro atoms. The van der Waals surface area contributed by atoms with Crippen LogP contribution >= 0.6 is 0 Å². The number of hydrogen-bond donors (Lipinski definition) is 0. The van der Waals surface area contributed by atoms with Gasteiger partial charge < -0.3 is 9.47 Å². The summed E-state index contributed by atoms with van der Waals surface area (Å²) in [6, 6.07) is 10.8. The van der Waals surface area contributed by atoms with E-state index in [1.54, 1.807) is 7.11 Å². The predicted octanol–water partition coefficient (Wildman–Crippen LogP) is 4.91. The standard InChI is InChI=1S/C19H26O2/c1-4-5-9-16-15(2)14-19(21-13-8-12-20-3)18-11-7-6-10-17(16)18/h6-7,10-11,14H,4-5,8-9,12-13H2,1-3H3. The molecule has 0 atom stereocenters. The summed E-state index contributed by atoms with van der Waals surface area (Å²) in [6.45, 7) is 5.88. The SMILES string of the molecule is CCCCc1c(C)cc(OCCCOC)c2ccccc12. The normalized spacial score (nSPS) is 11.0. The van der Waals surface area contributed by atoms with Crippen LogP contribution in [-0.2, 0) is 11.2 Å². The third-order valence-corrected chi connectivity index (χ3v) is 3.87. The van der Waals surface area contributed by atoms with Crippen LogP contribution in [0.1, 0.15) is 37.3 Å². The molecule has 0 unspecified atom stereocenters. The summed E-state index contributed by atoms with van der Waals surface area (Å²) in [4.78, 5) is 0. The molecule has 21 heavy (non-hydrogen) atoms. The smallest absolute Gasteiger partial charge is 0.127 e. The molecular weight excluding hydrogens is 260 g/mol. The molecule has 0 bridgehead atoms. The van der Waals surface area contributed by atoms with Crippen LogP contribution in [0.5, 0.6) is 5.75 Å². The third-order valence-electron chi connectivity index (χ3n) is 3.87.